The number of methoxy groups -OCH3 is 1. The second-order valence-electron chi connectivity index (χ2n) is 5.69. The molecule has 0 atom stereocenters. The first-order chi connectivity index (χ1) is 12.7. The Morgan fingerprint density at radius 1 is 1.08 bits per heavy atom. The topological polar surface area (TPSA) is 64.8 Å². The summed E-state index contributed by atoms with van der Waals surface area (Å²) < 4.78 is 16.0. The normalized spacial score (nSPS) is 10.4. The number of carbonyl (C=O) groups excluding carboxylic acids is 1. The quantitative estimate of drug-likeness (QED) is 0.651. The van der Waals surface area contributed by atoms with Gasteiger partial charge >= 0.3 is 0 Å². The summed E-state index contributed by atoms with van der Waals surface area (Å²) in [4.78, 5) is 14.0. The van der Waals surface area contributed by atoms with E-state index in [-0.39, 0.29) is 11.6 Å². The fraction of sp³-hybridized carbons (Fsp3) is 0.200. The van der Waals surface area contributed by atoms with E-state index in [0.717, 1.165) is 17.1 Å². The fourth-order valence-electron chi connectivity index (χ4n) is 2.38. The summed E-state index contributed by atoms with van der Waals surface area (Å²) in [5, 5.41) is 3.88. The van der Waals surface area contributed by atoms with E-state index < -0.39 is 0 Å². The van der Waals surface area contributed by atoms with Crippen LogP contribution < -0.4 is 9.47 Å². The van der Waals surface area contributed by atoms with Gasteiger partial charge in [-0.2, -0.15) is 0 Å². The molecule has 134 valence electrons. The molecule has 0 saturated carbocycles. The number of ether oxygens (including phenoxy) is 2. The van der Waals surface area contributed by atoms with Crippen LogP contribution in [0, 0.1) is 0 Å². The number of aromatic nitrogens is 1. The third-order valence-electron chi connectivity index (χ3n) is 3.89. The molecule has 1 aromatic heterocycles. The van der Waals surface area contributed by atoms with Crippen LogP contribution in [0.1, 0.15) is 10.5 Å². The third kappa shape index (κ3) is 4.22. The van der Waals surface area contributed by atoms with Crippen molar-refractivity contribution in [2.45, 2.75) is 0 Å². The van der Waals surface area contributed by atoms with E-state index in [4.69, 9.17) is 14.0 Å². The van der Waals surface area contributed by atoms with E-state index >= 15 is 0 Å². The first-order valence-electron chi connectivity index (χ1n) is 8.22. The van der Waals surface area contributed by atoms with Crippen LogP contribution in [-0.4, -0.2) is 43.3 Å². The van der Waals surface area contributed by atoms with Gasteiger partial charge in [0.05, 0.1) is 13.7 Å². The van der Waals surface area contributed by atoms with E-state index in [2.05, 4.69) is 5.16 Å². The van der Waals surface area contributed by atoms with Gasteiger partial charge in [0, 0.05) is 18.7 Å². The lowest BCUT2D eigenvalue weighted by Crippen LogP contribution is -2.31. The van der Waals surface area contributed by atoms with Crippen LogP contribution in [0.25, 0.3) is 11.3 Å². The van der Waals surface area contributed by atoms with Gasteiger partial charge in [0.2, 0.25) is 0 Å². The number of rotatable bonds is 7. The van der Waals surface area contributed by atoms with Gasteiger partial charge < -0.3 is 18.9 Å². The molecule has 1 heterocycles. The van der Waals surface area contributed by atoms with E-state index in [0.29, 0.717) is 18.9 Å². The molecule has 0 aliphatic heterocycles. The second kappa shape index (κ2) is 8.20. The van der Waals surface area contributed by atoms with Crippen LogP contribution in [0.4, 0.5) is 0 Å². The van der Waals surface area contributed by atoms with Gasteiger partial charge in [-0.3, -0.25) is 4.79 Å². The summed E-state index contributed by atoms with van der Waals surface area (Å²) in [6.45, 7) is 0.802. The summed E-state index contributed by atoms with van der Waals surface area (Å²) in [7, 11) is 3.32. The lowest BCUT2D eigenvalue weighted by atomic mass is 10.1. The number of likely N-dealkylation sites (N-methyl/N-ethyl adjacent to an activating group) is 1. The molecule has 0 fully saturated rings. The lowest BCUT2D eigenvalue weighted by molar-refractivity contribution is 0.0763. The summed E-state index contributed by atoms with van der Waals surface area (Å²) in [6, 6.07) is 18.5. The van der Waals surface area contributed by atoms with Gasteiger partial charge in [0.1, 0.15) is 18.1 Å². The van der Waals surface area contributed by atoms with Crippen LogP contribution in [0.15, 0.2) is 65.2 Å². The van der Waals surface area contributed by atoms with Gasteiger partial charge in [0.15, 0.2) is 11.5 Å². The molecule has 0 aliphatic carbocycles. The number of hydrogen-bond acceptors (Lipinski definition) is 5. The molecular formula is C20H20N2O4. The first-order valence-corrected chi connectivity index (χ1v) is 8.22. The van der Waals surface area contributed by atoms with Crippen molar-refractivity contribution in [1.82, 2.24) is 10.1 Å². The molecule has 6 nitrogen and oxygen atoms in total. The molecule has 0 spiro atoms. The molecule has 3 rings (SSSR count). The molecule has 26 heavy (non-hydrogen) atoms. The van der Waals surface area contributed by atoms with Gasteiger partial charge in [-0.1, -0.05) is 35.5 Å². The Morgan fingerprint density at radius 2 is 1.77 bits per heavy atom. The van der Waals surface area contributed by atoms with E-state index in [9.17, 15) is 4.79 Å². The highest BCUT2D eigenvalue weighted by molar-refractivity contribution is 5.92. The van der Waals surface area contributed by atoms with Crippen molar-refractivity contribution in [2.24, 2.45) is 0 Å². The Morgan fingerprint density at radius 3 is 2.46 bits per heavy atom. The molecular weight excluding hydrogens is 332 g/mol. The van der Waals surface area contributed by atoms with Crippen molar-refractivity contribution < 1.29 is 18.8 Å². The SMILES string of the molecule is COc1ccc(OCCN(C)C(=O)c2cc(-c3ccccc3)on2)cc1. The largest absolute Gasteiger partial charge is 0.497 e. The standard InChI is InChI=1S/C20H20N2O4/c1-22(12-13-25-17-10-8-16(24-2)9-11-17)20(23)18-14-19(26-21-18)15-6-4-3-5-7-15/h3-11,14H,12-13H2,1-2H3. The zero-order valence-corrected chi connectivity index (χ0v) is 14.7. The number of benzene rings is 2. The van der Waals surface area contributed by atoms with E-state index in [1.165, 1.54) is 0 Å². The van der Waals surface area contributed by atoms with Crippen molar-refractivity contribution >= 4 is 5.91 Å². The predicted octanol–water partition coefficient (Wildman–Crippen LogP) is 3.50. The Labute approximate surface area is 151 Å². The molecule has 0 unspecified atom stereocenters. The van der Waals surface area contributed by atoms with Gasteiger partial charge in [0.25, 0.3) is 5.91 Å². The predicted molar refractivity (Wildman–Crippen MR) is 97.4 cm³/mol. The zero-order valence-electron chi connectivity index (χ0n) is 14.7. The number of amides is 1. The highest BCUT2D eigenvalue weighted by Gasteiger charge is 2.17. The molecule has 1 amide bonds. The van der Waals surface area contributed by atoms with Crippen molar-refractivity contribution in [1.29, 1.82) is 0 Å². The van der Waals surface area contributed by atoms with Gasteiger partial charge in [-0.25, -0.2) is 0 Å². The Kier molecular flexibility index (Phi) is 5.53. The Balaban J connectivity index is 1.53. The highest BCUT2D eigenvalue weighted by atomic mass is 16.5. The summed E-state index contributed by atoms with van der Waals surface area (Å²) in [5.41, 5.74) is 1.15. The van der Waals surface area contributed by atoms with Crippen LogP contribution in [0.3, 0.4) is 0 Å². The number of hydrogen-bond donors (Lipinski definition) is 0. The Bertz CT molecular complexity index is 844. The molecule has 0 N–H and O–H groups in total. The monoisotopic (exact) mass is 352 g/mol. The van der Waals surface area contributed by atoms with Gasteiger partial charge in [-0.05, 0) is 24.3 Å². The minimum absolute atomic E-state index is 0.214. The average Bonchev–Trinajstić information content (AvgIpc) is 3.18. The minimum Gasteiger partial charge on any atom is -0.497 e. The smallest absolute Gasteiger partial charge is 0.275 e. The third-order valence-corrected chi connectivity index (χ3v) is 3.89. The van der Waals surface area contributed by atoms with E-state index in [1.54, 1.807) is 25.1 Å². The van der Waals surface area contributed by atoms with Crippen LogP contribution in [0.2, 0.25) is 0 Å². The molecule has 0 bridgehead atoms. The molecule has 6 heteroatoms. The summed E-state index contributed by atoms with van der Waals surface area (Å²) in [5.74, 6) is 1.84. The minimum atomic E-state index is -0.214. The van der Waals surface area contributed by atoms with Crippen LogP contribution >= 0.6 is 0 Å². The number of nitrogens with zero attached hydrogens (tertiary/aromatic N) is 2. The summed E-state index contributed by atoms with van der Waals surface area (Å²) >= 11 is 0. The van der Waals surface area contributed by atoms with Crippen molar-refractivity contribution in [3.8, 4) is 22.8 Å². The average molecular weight is 352 g/mol. The van der Waals surface area contributed by atoms with Gasteiger partial charge in [-0.15, -0.1) is 0 Å². The van der Waals surface area contributed by atoms with Crippen LogP contribution in [-0.2, 0) is 0 Å². The maximum atomic E-state index is 12.4. The fourth-order valence-corrected chi connectivity index (χ4v) is 2.38. The highest BCUT2D eigenvalue weighted by Crippen LogP contribution is 2.20. The van der Waals surface area contributed by atoms with Crippen molar-refractivity contribution in [3.05, 3.63) is 66.4 Å². The molecule has 0 saturated heterocycles. The van der Waals surface area contributed by atoms with E-state index in [1.807, 2.05) is 54.6 Å². The maximum absolute atomic E-state index is 12.4. The number of carbonyl (C=O) groups is 1. The van der Waals surface area contributed by atoms with Crippen LogP contribution in [0.5, 0.6) is 11.5 Å². The van der Waals surface area contributed by atoms with Crippen molar-refractivity contribution in [3.63, 3.8) is 0 Å². The molecule has 0 radical (unpaired) electrons. The zero-order chi connectivity index (χ0) is 18.4. The molecule has 3 aromatic rings. The maximum Gasteiger partial charge on any atom is 0.275 e. The summed E-state index contributed by atoms with van der Waals surface area (Å²) in [6.07, 6.45) is 0. The molecule has 0 aliphatic rings. The Hall–Kier alpha value is -3.28. The molecule has 2 aromatic carbocycles. The second-order valence-corrected chi connectivity index (χ2v) is 5.69. The lowest BCUT2D eigenvalue weighted by Gasteiger charge is -2.16. The van der Waals surface area contributed by atoms with Crippen molar-refractivity contribution in [2.75, 3.05) is 27.3 Å². The first kappa shape index (κ1) is 17.5.